The first-order valence-corrected chi connectivity index (χ1v) is 14.6. The van der Waals surface area contributed by atoms with Gasteiger partial charge in [-0.3, -0.25) is 9.59 Å². The molecule has 3 aliphatic rings. The van der Waals surface area contributed by atoms with Gasteiger partial charge in [-0.05, 0) is 37.3 Å². The molecule has 0 saturated carbocycles. The number of allylic oxidation sites excluding steroid dienone is 3. The number of unbranched alkanes of at least 4 members (excludes halogenated alkanes) is 1. The maximum absolute atomic E-state index is 14.0. The molecule has 1 amide bonds. The van der Waals surface area contributed by atoms with Crippen LogP contribution in [0.2, 0.25) is 0 Å². The lowest BCUT2D eigenvalue weighted by molar-refractivity contribution is -0.123. The van der Waals surface area contributed by atoms with E-state index in [1.54, 1.807) is 0 Å². The van der Waals surface area contributed by atoms with Crippen LogP contribution in [-0.2, 0) is 17.6 Å². The van der Waals surface area contributed by atoms with Crippen LogP contribution in [-0.4, -0.2) is 55.5 Å². The lowest BCUT2D eigenvalue weighted by atomic mass is 9.58. The predicted molar refractivity (Wildman–Crippen MR) is 167 cm³/mol. The van der Waals surface area contributed by atoms with E-state index in [9.17, 15) is 35.1 Å². The first kappa shape index (κ1) is 33.4. The van der Waals surface area contributed by atoms with Crippen LogP contribution in [0.25, 0.3) is 10.8 Å². The summed E-state index contributed by atoms with van der Waals surface area (Å²) in [7, 11) is 1.48. The Kier molecular flexibility index (Phi) is 9.53. The number of primary amides is 1. The largest absolute Gasteiger partial charge is 0.511 e. The number of nitrogens with two attached hydrogens (primary N) is 1. The number of Topliss-reactive ketones (excluding diaryl/α,β-unsaturated/α-hetero) is 1. The van der Waals surface area contributed by atoms with Crippen molar-refractivity contribution in [2.75, 3.05) is 7.11 Å². The number of aliphatic hydroxyl groups is 3. The molecule has 43 heavy (non-hydrogen) atoms. The quantitative estimate of drug-likeness (QED) is 0.193. The van der Waals surface area contributed by atoms with Crippen molar-refractivity contribution in [3.8, 4) is 17.2 Å². The normalized spacial score (nSPS) is 23.9. The van der Waals surface area contributed by atoms with E-state index in [0.717, 1.165) is 24.0 Å². The zero-order chi connectivity index (χ0) is 32.6. The van der Waals surface area contributed by atoms with Crippen molar-refractivity contribution in [2.24, 2.45) is 5.73 Å². The van der Waals surface area contributed by atoms with Gasteiger partial charge in [0.1, 0.15) is 28.6 Å². The van der Waals surface area contributed by atoms with Gasteiger partial charge in [-0.15, -0.1) is 6.58 Å². The second kappa shape index (κ2) is 12.3. The van der Waals surface area contributed by atoms with Crippen molar-refractivity contribution in [3.63, 3.8) is 0 Å². The highest BCUT2D eigenvalue weighted by Gasteiger charge is 2.65. The molecule has 2 aromatic carbocycles. The summed E-state index contributed by atoms with van der Waals surface area (Å²) < 4.78 is 5.62. The number of amides is 1. The Morgan fingerprint density at radius 1 is 1.09 bits per heavy atom. The summed E-state index contributed by atoms with van der Waals surface area (Å²) in [4.78, 5) is 26.1. The third-order valence-corrected chi connectivity index (χ3v) is 8.55. The Morgan fingerprint density at radius 2 is 1.72 bits per heavy atom. The number of carbonyl (C=O) groups is 2. The van der Waals surface area contributed by atoms with Gasteiger partial charge in [0, 0.05) is 41.3 Å². The molecule has 5 rings (SSSR count). The summed E-state index contributed by atoms with van der Waals surface area (Å²) in [5, 5.41) is 57.0. The van der Waals surface area contributed by atoms with Crippen LogP contribution in [0, 0.1) is 0 Å². The van der Waals surface area contributed by atoms with Crippen LogP contribution in [0.15, 0.2) is 53.9 Å². The second-order valence-corrected chi connectivity index (χ2v) is 10.6. The number of aromatic hydroxyl groups is 2. The molecule has 0 spiro atoms. The molecule has 0 bridgehead atoms. The number of benzene rings is 2. The van der Waals surface area contributed by atoms with Gasteiger partial charge < -0.3 is 36.0 Å². The van der Waals surface area contributed by atoms with E-state index in [1.807, 2.05) is 40.7 Å². The predicted octanol–water partition coefficient (Wildman–Crippen LogP) is 5.32. The van der Waals surface area contributed by atoms with Crippen LogP contribution in [0.3, 0.4) is 0 Å². The average Bonchev–Trinajstić information content (AvgIpc) is 3.37. The Balaban J connectivity index is 0.00000121. The highest BCUT2D eigenvalue weighted by molar-refractivity contribution is 6.18. The Labute approximate surface area is 252 Å². The maximum atomic E-state index is 14.0. The Morgan fingerprint density at radius 3 is 2.28 bits per heavy atom. The number of hydrogen-bond donors (Lipinski definition) is 6. The highest BCUT2D eigenvalue weighted by atomic mass is 16.5. The van der Waals surface area contributed by atoms with Crippen LogP contribution < -0.4 is 10.5 Å². The molecular weight excluding hydrogens is 550 g/mol. The fraction of sp³-hybridized carbons (Fsp3) is 0.412. The first-order valence-electron chi connectivity index (χ1n) is 14.6. The molecule has 0 aromatic heterocycles. The van der Waals surface area contributed by atoms with E-state index in [-0.39, 0.29) is 34.6 Å². The molecule has 232 valence electrons. The highest BCUT2D eigenvalue weighted by Crippen LogP contribution is 2.58. The Bertz CT molecular complexity index is 1580. The average molecular weight is 594 g/mol. The summed E-state index contributed by atoms with van der Waals surface area (Å²) in [6.07, 6.45) is 4.84. The van der Waals surface area contributed by atoms with Gasteiger partial charge in [-0.1, -0.05) is 52.0 Å². The van der Waals surface area contributed by atoms with Gasteiger partial charge in [-0.25, -0.2) is 0 Å². The number of methoxy groups -OCH3 is 1. The number of carbonyl (C=O) groups excluding carboxylic acids is 2. The number of hydrogen-bond acceptors (Lipinski definition) is 8. The zero-order valence-electron chi connectivity index (χ0n) is 25.8. The van der Waals surface area contributed by atoms with Crippen molar-refractivity contribution in [1.82, 2.24) is 0 Å². The van der Waals surface area contributed by atoms with E-state index < -0.39 is 52.0 Å². The molecule has 2 aromatic rings. The number of aliphatic hydroxyl groups excluding tert-OH is 1. The molecule has 0 heterocycles. The van der Waals surface area contributed by atoms with E-state index in [1.165, 1.54) is 13.2 Å². The monoisotopic (exact) mass is 593 g/mol. The summed E-state index contributed by atoms with van der Waals surface area (Å²) in [6.45, 7) is 17.4. The van der Waals surface area contributed by atoms with Crippen LogP contribution in [0.1, 0.15) is 86.8 Å². The smallest absolute Gasteiger partial charge is 0.252 e. The van der Waals surface area contributed by atoms with Crippen molar-refractivity contribution in [1.29, 1.82) is 0 Å². The number of phenolic OH excluding ortho intramolecular Hbond substituents is 2. The topological polar surface area (TPSA) is 171 Å². The molecule has 3 atom stereocenters. The van der Waals surface area contributed by atoms with Gasteiger partial charge in [0.05, 0.1) is 23.6 Å². The molecule has 9 nitrogen and oxygen atoms in total. The van der Waals surface area contributed by atoms with E-state index in [4.69, 9.17) is 10.5 Å². The standard InChI is InChI=1S/C30H31NO8.2C2H6/c1-5-6-7-8-13(2)15-9-16-17-11-29(37)12-19(33)21(28(31)36)14(3)30(29,38)27(35)24(17)26(34)25-18(32)10-20(39-4)22(15)23(16)25;2*1-2/h5,8,10,15,32-34,37-38H,1,3,6-7,9,11-12H2,2,4H3,(H2,31,36);2*1-2H3/b13-8-;;/t15?,29-,30-;;/m1../s1. The number of ether oxygens (including phenoxy) is 1. The fourth-order valence-electron chi connectivity index (χ4n) is 6.66. The number of fused-ring (bicyclic) bond motifs is 3. The molecular formula is C34H43NO8. The molecule has 0 saturated heterocycles. The van der Waals surface area contributed by atoms with E-state index >= 15 is 0 Å². The lowest BCUT2D eigenvalue weighted by Crippen LogP contribution is -2.66. The van der Waals surface area contributed by atoms with E-state index in [0.29, 0.717) is 23.1 Å². The molecule has 0 aliphatic heterocycles. The third kappa shape index (κ3) is 4.71. The van der Waals surface area contributed by atoms with Gasteiger partial charge >= 0.3 is 0 Å². The van der Waals surface area contributed by atoms with E-state index in [2.05, 4.69) is 19.2 Å². The first-order chi connectivity index (χ1) is 20.3. The summed E-state index contributed by atoms with van der Waals surface area (Å²) >= 11 is 0. The third-order valence-electron chi connectivity index (χ3n) is 8.55. The van der Waals surface area contributed by atoms with Crippen molar-refractivity contribution < 1.29 is 39.9 Å². The summed E-state index contributed by atoms with van der Waals surface area (Å²) in [5.74, 6) is -3.49. The van der Waals surface area contributed by atoms with Crippen LogP contribution in [0.5, 0.6) is 17.2 Å². The SMILES string of the molecule is C=CCC/C=C(/C)C1Cc2c3c(c(O)c4c(O)cc(OC)c1c24)C(=O)[C@]1(O)C(=C)C(C(N)=O)=C(O)C[C@]1(O)C3.CC.CC. The van der Waals surface area contributed by atoms with Crippen LogP contribution >= 0.6 is 0 Å². The minimum atomic E-state index is -2.75. The fourth-order valence-corrected chi connectivity index (χ4v) is 6.66. The molecule has 9 heteroatoms. The minimum Gasteiger partial charge on any atom is -0.511 e. The maximum Gasteiger partial charge on any atom is 0.252 e. The molecule has 1 unspecified atom stereocenters. The minimum absolute atomic E-state index is 0.0262. The van der Waals surface area contributed by atoms with Crippen molar-refractivity contribution >= 4 is 22.5 Å². The summed E-state index contributed by atoms with van der Waals surface area (Å²) in [6, 6.07) is 1.38. The zero-order valence-corrected chi connectivity index (χ0v) is 25.8. The molecule has 7 N–H and O–H groups in total. The van der Waals surface area contributed by atoms with Gasteiger partial charge in [0.2, 0.25) is 5.78 Å². The van der Waals surface area contributed by atoms with Gasteiger partial charge in [-0.2, -0.15) is 0 Å². The van der Waals surface area contributed by atoms with Gasteiger partial charge in [0.15, 0.2) is 5.60 Å². The number of rotatable bonds is 6. The van der Waals surface area contributed by atoms with Gasteiger partial charge in [0.25, 0.3) is 5.91 Å². The van der Waals surface area contributed by atoms with Crippen molar-refractivity contribution in [3.05, 3.63) is 76.1 Å². The Hall–Kier alpha value is -4.08. The van der Waals surface area contributed by atoms with Crippen molar-refractivity contribution in [2.45, 2.75) is 83.8 Å². The molecule has 0 fully saturated rings. The molecule has 3 aliphatic carbocycles. The summed E-state index contributed by atoms with van der Waals surface area (Å²) in [5.41, 5.74) is 1.63. The second-order valence-electron chi connectivity index (χ2n) is 10.6. The number of ketones is 1. The number of phenols is 2. The molecule has 0 radical (unpaired) electrons. The van der Waals surface area contributed by atoms with Crippen LogP contribution in [0.4, 0.5) is 0 Å². The lowest BCUT2D eigenvalue weighted by Gasteiger charge is -2.50.